The number of halogens is 6. The SMILES string of the molecule is N#Cc1[nH]nnc1-c1cc(OCC(F)(F)F)cc(-c2ccc(C(F)(F)F)cn2)c1. The van der Waals surface area contributed by atoms with Crippen molar-refractivity contribution in [3.05, 3.63) is 47.8 Å². The third-order valence-corrected chi connectivity index (χ3v) is 3.63. The third-order valence-electron chi connectivity index (χ3n) is 3.63. The standard InChI is InChI=1S/C17H9F6N5O/c18-16(19,20)8-29-12-4-9(13-2-1-11(7-25-13)17(21,22)23)3-10(5-12)15-14(6-24)26-28-27-15/h1-5,7H,8H2,(H,26,27,28). The van der Waals surface area contributed by atoms with E-state index in [0.29, 0.717) is 6.20 Å². The molecule has 0 saturated heterocycles. The molecule has 0 aliphatic carbocycles. The third kappa shape index (κ3) is 4.81. The summed E-state index contributed by atoms with van der Waals surface area (Å²) >= 11 is 0. The number of rotatable bonds is 4. The summed E-state index contributed by atoms with van der Waals surface area (Å²) < 4.78 is 80.4. The number of hydrogen-bond donors (Lipinski definition) is 1. The number of nitrogens with one attached hydrogen (secondary N) is 1. The molecule has 0 fully saturated rings. The van der Waals surface area contributed by atoms with Gasteiger partial charge in [0.05, 0.1) is 11.3 Å². The van der Waals surface area contributed by atoms with Gasteiger partial charge >= 0.3 is 12.4 Å². The fourth-order valence-corrected chi connectivity index (χ4v) is 2.37. The molecule has 12 heteroatoms. The van der Waals surface area contributed by atoms with Gasteiger partial charge in [0.15, 0.2) is 12.3 Å². The van der Waals surface area contributed by atoms with Gasteiger partial charge in [0.25, 0.3) is 0 Å². The number of ether oxygens (including phenoxy) is 1. The van der Waals surface area contributed by atoms with Gasteiger partial charge in [0.2, 0.25) is 0 Å². The summed E-state index contributed by atoms with van der Waals surface area (Å²) in [7, 11) is 0. The molecule has 0 saturated carbocycles. The minimum absolute atomic E-state index is 0.0399. The molecule has 3 rings (SSSR count). The first-order valence-corrected chi connectivity index (χ1v) is 7.76. The lowest BCUT2D eigenvalue weighted by Gasteiger charge is -2.12. The van der Waals surface area contributed by atoms with Crippen LogP contribution in [0.4, 0.5) is 26.3 Å². The van der Waals surface area contributed by atoms with Gasteiger partial charge in [-0.05, 0) is 30.3 Å². The summed E-state index contributed by atoms with van der Waals surface area (Å²) in [5.41, 5.74) is -0.595. The number of pyridine rings is 1. The molecule has 2 aromatic heterocycles. The lowest BCUT2D eigenvalue weighted by molar-refractivity contribution is -0.153. The molecular weight excluding hydrogens is 404 g/mol. The van der Waals surface area contributed by atoms with Gasteiger partial charge in [-0.3, -0.25) is 4.98 Å². The lowest BCUT2D eigenvalue weighted by atomic mass is 10.0. The predicted octanol–water partition coefficient (Wildman–Crippen LogP) is 4.37. The Morgan fingerprint density at radius 1 is 1.03 bits per heavy atom. The summed E-state index contributed by atoms with van der Waals surface area (Å²) in [4.78, 5) is 3.72. The maximum atomic E-state index is 12.7. The maximum absolute atomic E-state index is 12.7. The van der Waals surface area contributed by atoms with Crippen LogP contribution < -0.4 is 4.74 Å². The van der Waals surface area contributed by atoms with E-state index in [2.05, 4.69) is 20.4 Å². The topological polar surface area (TPSA) is 87.5 Å². The number of alkyl halides is 6. The number of benzene rings is 1. The van der Waals surface area contributed by atoms with Crippen LogP contribution in [0, 0.1) is 11.3 Å². The Balaban J connectivity index is 2.06. The summed E-state index contributed by atoms with van der Waals surface area (Å²) in [6, 6.07) is 7.45. The fourth-order valence-electron chi connectivity index (χ4n) is 2.37. The molecule has 0 bridgehead atoms. The Hall–Kier alpha value is -3.62. The van der Waals surface area contributed by atoms with E-state index in [0.717, 1.165) is 12.1 Å². The van der Waals surface area contributed by atoms with Crippen LogP contribution in [0.2, 0.25) is 0 Å². The highest BCUT2D eigenvalue weighted by atomic mass is 19.4. The zero-order valence-electron chi connectivity index (χ0n) is 14.1. The zero-order valence-corrected chi connectivity index (χ0v) is 14.1. The smallest absolute Gasteiger partial charge is 0.422 e. The van der Waals surface area contributed by atoms with Gasteiger partial charge < -0.3 is 4.74 Å². The van der Waals surface area contributed by atoms with Crippen LogP contribution in [0.5, 0.6) is 5.75 Å². The minimum Gasteiger partial charge on any atom is -0.484 e. The molecule has 2 heterocycles. The Morgan fingerprint density at radius 2 is 1.76 bits per heavy atom. The number of aromatic nitrogens is 4. The van der Waals surface area contributed by atoms with E-state index in [1.54, 1.807) is 6.07 Å². The summed E-state index contributed by atoms with van der Waals surface area (Å²) in [5, 5.41) is 18.6. The van der Waals surface area contributed by atoms with Crippen LogP contribution in [-0.2, 0) is 6.18 Å². The molecule has 0 radical (unpaired) electrons. The molecule has 6 nitrogen and oxygen atoms in total. The molecule has 150 valence electrons. The van der Waals surface area contributed by atoms with E-state index in [1.807, 2.05) is 0 Å². The van der Waals surface area contributed by atoms with E-state index >= 15 is 0 Å². The summed E-state index contributed by atoms with van der Waals surface area (Å²) in [6.45, 7) is -1.58. The Kier molecular flexibility index (Phi) is 5.15. The number of hydrogen-bond acceptors (Lipinski definition) is 5. The van der Waals surface area contributed by atoms with Crippen molar-refractivity contribution in [1.82, 2.24) is 20.4 Å². The van der Waals surface area contributed by atoms with Gasteiger partial charge in [-0.1, -0.05) is 5.21 Å². The number of aromatic amines is 1. The van der Waals surface area contributed by atoms with Gasteiger partial charge in [-0.25, -0.2) is 5.10 Å². The zero-order chi connectivity index (χ0) is 21.2. The first kappa shape index (κ1) is 20.1. The average Bonchev–Trinajstić information content (AvgIpc) is 3.14. The predicted molar refractivity (Wildman–Crippen MR) is 86.3 cm³/mol. The number of nitrogens with zero attached hydrogens (tertiary/aromatic N) is 4. The fraction of sp³-hybridized carbons (Fsp3) is 0.176. The highest BCUT2D eigenvalue weighted by Gasteiger charge is 2.31. The monoisotopic (exact) mass is 413 g/mol. The highest BCUT2D eigenvalue weighted by Crippen LogP contribution is 2.33. The second kappa shape index (κ2) is 7.42. The van der Waals surface area contributed by atoms with Crippen LogP contribution in [0.3, 0.4) is 0 Å². The molecule has 0 spiro atoms. The molecule has 1 aromatic carbocycles. The minimum atomic E-state index is -4.60. The van der Waals surface area contributed by atoms with Crippen LogP contribution in [-0.4, -0.2) is 33.2 Å². The Bertz CT molecular complexity index is 1050. The van der Waals surface area contributed by atoms with Crippen LogP contribution >= 0.6 is 0 Å². The number of H-pyrrole nitrogens is 1. The second-order valence-corrected chi connectivity index (χ2v) is 5.73. The molecule has 3 aromatic rings. The van der Waals surface area contributed by atoms with Crippen LogP contribution in [0.15, 0.2) is 36.5 Å². The van der Waals surface area contributed by atoms with E-state index in [4.69, 9.17) is 10.00 Å². The molecule has 0 aliphatic rings. The van der Waals surface area contributed by atoms with Crippen LogP contribution in [0.25, 0.3) is 22.5 Å². The van der Waals surface area contributed by atoms with Crippen molar-refractivity contribution < 1.29 is 31.1 Å². The molecule has 0 aliphatic heterocycles. The molecule has 0 amide bonds. The van der Waals surface area contributed by atoms with Crippen molar-refractivity contribution in [2.24, 2.45) is 0 Å². The highest BCUT2D eigenvalue weighted by molar-refractivity contribution is 5.74. The molecule has 0 atom stereocenters. The van der Waals surface area contributed by atoms with Crippen molar-refractivity contribution in [2.75, 3.05) is 6.61 Å². The van der Waals surface area contributed by atoms with Gasteiger partial charge in [-0.2, -0.15) is 31.6 Å². The quantitative estimate of drug-likeness (QED) is 0.642. The Labute approximate surface area is 158 Å². The Morgan fingerprint density at radius 3 is 2.34 bits per heavy atom. The van der Waals surface area contributed by atoms with Crippen molar-refractivity contribution >= 4 is 0 Å². The normalized spacial score (nSPS) is 11.9. The van der Waals surface area contributed by atoms with E-state index in [-0.39, 0.29) is 34.0 Å². The molecule has 1 N–H and O–H groups in total. The summed E-state index contributed by atoms with van der Waals surface area (Å²) in [6.07, 6.45) is -8.58. The van der Waals surface area contributed by atoms with Gasteiger partial charge in [0, 0.05) is 17.3 Å². The molecular formula is C17H9F6N5O. The molecule has 0 unspecified atom stereocenters. The van der Waals surface area contributed by atoms with Crippen LogP contribution in [0.1, 0.15) is 11.3 Å². The maximum Gasteiger partial charge on any atom is 0.422 e. The van der Waals surface area contributed by atoms with Crippen molar-refractivity contribution in [1.29, 1.82) is 5.26 Å². The van der Waals surface area contributed by atoms with Gasteiger partial charge in [0.1, 0.15) is 17.5 Å². The van der Waals surface area contributed by atoms with Crippen molar-refractivity contribution in [2.45, 2.75) is 12.4 Å². The lowest BCUT2D eigenvalue weighted by Crippen LogP contribution is -2.19. The summed E-state index contributed by atoms with van der Waals surface area (Å²) in [5.74, 6) is -0.233. The average molecular weight is 413 g/mol. The van der Waals surface area contributed by atoms with E-state index < -0.39 is 24.5 Å². The molecule has 29 heavy (non-hydrogen) atoms. The van der Waals surface area contributed by atoms with E-state index in [9.17, 15) is 26.3 Å². The van der Waals surface area contributed by atoms with E-state index in [1.165, 1.54) is 18.2 Å². The number of nitriles is 1. The first-order chi connectivity index (χ1) is 13.6. The van der Waals surface area contributed by atoms with Gasteiger partial charge in [-0.15, -0.1) is 5.10 Å². The second-order valence-electron chi connectivity index (χ2n) is 5.73. The largest absolute Gasteiger partial charge is 0.484 e. The first-order valence-electron chi connectivity index (χ1n) is 7.76. The van der Waals surface area contributed by atoms with Crippen molar-refractivity contribution in [3.63, 3.8) is 0 Å². The van der Waals surface area contributed by atoms with Crippen molar-refractivity contribution in [3.8, 4) is 34.3 Å².